The minimum Gasteiger partial charge on any atom is -0.489 e. The van der Waals surface area contributed by atoms with E-state index in [1.807, 2.05) is 30.7 Å². The molecule has 1 saturated carbocycles. The second kappa shape index (κ2) is 11.4. The van der Waals surface area contributed by atoms with Crippen LogP contribution < -0.4 is 15.4 Å². The van der Waals surface area contributed by atoms with E-state index in [1.165, 1.54) is 31.2 Å². The maximum atomic E-state index is 6.03. The van der Waals surface area contributed by atoms with E-state index < -0.39 is 0 Å². The first-order chi connectivity index (χ1) is 13.5. The second-order valence-electron chi connectivity index (χ2n) is 7.64. The molecule has 1 fully saturated rings. The quantitative estimate of drug-likeness (QED) is 0.338. The van der Waals surface area contributed by atoms with E-state index in [0.29, 0.717) is 19.1 Å². The Morgan fingerprint density at radius 2 is 2.03 bits per heavy atom. The third-order valence-electron chi connectivity index (χ3n) is 5.14. The summed E-state index contributed by atoms with van der Waals surface area (Å²) in [6, 6.07) is 8.62. The Morgan fingerprint density at radius 3 is 2.69 bits per heavy atom. The van der Waals surface area contributed by atoms with Gasteiger partial charge in [-0.1, -0.05) is 25.0 Å². The van der Waals surface area contributed by atoms with Crippen LogP contribution in [0.15, 0.2) is 29.3 Å². The minimum absolute atomic E-state index is 0. The van der Waals surface area contributed by atoms with Gasteiger partial charge in [0.25, 0.3) is 0 Å². The molecule has 1 aliphatic carbocycles. The lowest BCUT2D eigenvalue weighted by atomic mass is 10.2. The van der Waals surface area contributed by atoms with Gasteiger partial charge in [0.05, 0.1) is 6.54 Å². The topological polar surface area (TPSA) is 76.4 Å². The van der Waals surface area contributed by atoms with Crippen molar-refractivity contribution in [1.29, 1.82) is 0 Å². The van der Waals surface area contributed by atoms with Crippen molar-refractivity contribution in [3.8, 4) is 5.75 Å². The molecule has 0 saturated heterocycles. The number of aliphatic imine (C=N–C) groups is 1. The Labute approximate surface area is 190 Å². The van der Waals surface area contributed by atoms with E-state index in [9.17, 15) is 0 Å². The number of aromatic nitrogens is 3. The average molecular weight is 512 g/mol. The molecule has 0 bridgehead atoms. The molecule has 0 radical (unpaired) electrons. The standard InChI is InChI=1S/C21H32N6O.HI/c1-15-8-7-11-19(12-15)28-16(2)13-22-21(24-18-9-5-6-10-18)23-14-20-26-25-17(3)27(20)4;/h7-8,11-12,16,18H,5-6,9-10,13-14H2,1-4H3,(H2,22,23,24);1H. The van der Waals surface area contributed by atoms with Crippen LogP contribution in [-0.4, -0.2) is 39.4 Å². The highest BCUT2D eigenvalue weighted by Crippen LogP contribution is 2.17. The van der Waals surface area contributed by atoms with Crippen LogP contribution in [0.2, 0.25) is 0 Å². The lowest BCUT2D eigenvalue weighted by Gasteiger charge is -2.20. The maximum absolute atomic E-state index is 6.03. The summed E-state index contributed by atoms with van der Waals surface area (Å²) in [6.45, 7) is 7.24. The number of nitrogens with one attached hydrogen (secondary N) is 2. The van der Waals surface area contributed by atoms with E-state index in [1.54, 1.807) is 0 Å². The summed E-state index contributed by atoms with van der Waals surface area (Å²) in [4.78, 5) is 4.74. The highest BCUT2D eigenvalue weighted by Gasteiger charge is 2.17. The Kier molecular flexibility index (Phi) is 9.19. The predicted octanol–water partition coefficient (Wildman–Crippen LogP) is 3.50. The molecular weight excluding hydrogens is 479 g/mol. The van der Waals surface area contributed by atoms with Crippen molar-refractivity contribution in [2.45, 2.75) is 65.1 Å². The summed E-state index contributed by atoms with van der Waals surface area (Å²) >= 11 is 0. The molecule has 0 spiro atoms. The first-order valence-electron chi connectivity index (χ1n) is 10.1. The van der Waals surface area contributed by atoms with Gasteiger partial charge in [0.15, 0.2) is 11.8 Å². The molecule has 1 atom stereocenters. The van der Waals surface area contributed by atoms with E-state index >= 15 is 0 Å². The predicted molar refractivity (Wildman–Crippen MR) is 127 cm³/mol. The van der Waals surface area contributed by atoms with Crippen molar-refractivity contribution < 1.29 is 4.74 Å². The van der Waals surface area contributed by atoms with Crippen LogP contribution in [0.25, 0.3) is 0 Å². The number of benzene rings is 1. The molecule has 1 aliphatic rings. The van der Waals surface area contributed by atoms with E-state index in [4.69, 9.17) is 9.73 Å². The Hall–Kier alpha value is -1.84. The molecule has 8 heteroatoms. The largest absolute Gasteiger partial charge is 0.489 e. The van der Waals surface area contributed by atoms with Gasteiger partial charge in [-0.2, -0.15) is 0 Å². The molecule has 2 N–H and O–H groups in total. The molecular formula is C21H33IN6O. The summed E-state index contributed by atoms with van der Waals surface area (Å²) in [5.74, 6) is 3.45. The lowest BCUT2D eigenvalue weighted by molar-refractivity contribution is 0.223. The number of hydrogen-bond donors (Lipinski definition) is 2. The Balaban J connectivity index is 0.00000300. The van der Waals surface area contributed by atoms with Crippen molar-refractivity contribution in [2.24, 2.45) is 12.0 Å². The van der Waals surface area contributed by atoms with Gasteiger partial charge in [-0.15, -0.1) is 34.2 Å². The fourth-order valence-electron chi connectivity index (χ4n) is 3.36. The third kappa shape index (κ3) is 7.17. The van der Waals surface area contributed by atoms with Crippen molar-refractivity contribution >= 4 is 29.9 Å². The van der Waals surface area contributed by atoms with Gasteiger partial charge in [-0.25, -0.2) is 4.99 Å². The first-order valence-corrected chi connectivity index (χ1v) is 10.1. The van der Waals surface area contributed by atoms with Gasteiger partial charge in [-0.05, 0) is 51.3 Å². The first kappa shape index (κ1) is 23.4. The van der Waals surface area contributed by atoms with E-state index in [-0.39, 0.29) is 30.1 Å². The van der Waals surface area contributed by atoms with Crippen LogP contribution in [0.3, 0.4) is 0 Å². The molecule has 3 rings (SSSR count). The van der Waals surface area contributed by atoms with Crippen molar-refractivity contribution in [1.82, 2.24) is 25.4 Å². The molecule has 7 nitrogen and oxygen atoms in total. The zero-order chi connectivity index (χ0) is 19.9. The molecule has 1 aromatic carbocycles. The molecule has 2 aromatic rings. The second-order valence-corrected chi connectivity index (χ2v) is 7.64. The summed E-state index contributed by atoms with van der Waals surface area (Å²) < 4.78 is 8.00. The maximum Gasteiger partial charge on any atom is 0.192 e. The summed E-state index contributed by atoms with van der Waals surface area (Å²) in [6.07, 6.45) is 4.97. The normalized spacial score (nSPS) is 15.7. The summed E-state index contributed by atoms with van der Waals surface area (Å²) in [7, 11) is 1.97. The van der Waals surface area contributed by atoms with Gasteiger partial charge in [0.1, 0.15) is 24.2 Å². The van der Waals surface area contributed by atoms with Gasteiger partial charge in [0.2, 0.25) is 0 Å². The van der Waals surface area contributed by atoms with Gasteiger partial charge < -0.3 is 19.9 Å². The van der Waals surface area contributed by atoms with Crippen LogP contribution in [-0.2, 0) is 13.6 Å². The van der Waals surface area contributed by atoms with E-state index in [0.717, 1.165) is 23.4 Å². The SMILES string of the molecule is Cc1cccc(OC(C)CNC(=NCc2nnc(C)n2C)NC2CCCC2)c1.I. The van der Waals surface area contributed by atoms with Crippen LogP contribution in [0.4, 0.5) is 0 Å². The van der Waals surface area contributed by atoms with Crippen molar-refractivity contribution in [3.05, 3.63) is 41.5 Å². The number of halogens is 1. The smallest absolute Gasteiger partial charge is 0.192 e. The average Bonchev–Trinajstić information content (AvgIpc) is 3.28. The molecule has 0 aliphatic heterocycles. The van der Waals surface area contributed by atoms with Crippen LogP contribution in [0.5, 0.6) is 5.75 Å². The number of guanidine groups is 1. The Morgan fingerprint density at radius 1 is 1.28 bits per heavy atom. The van der Waals surface area contributed by atoms with Crippen molar-refractivity contribution in [3.63, 3.8) is 0 Å². The highest BCUT2D eigenvalue weighted by atomic mass is 127. The van der Waals surface area contributed by atoms with Crippen LogP contribution in [0, 0.1) is 13.8 Å². The number of rotatable bonds is 7. The fraction of sp³-hybridized carbons (Fsp3) is 0.571. The van der Waals surface area contributed by atoms with Crippen molar-refractivity contribution in [2.75, 3.05) is 6.54 Å². The molecule has 1 unspecified atom stereocenters. The fourth-order valence-corrected chi connectivity index (χ4v) is 3.36. The van der Waals surface area contributed by atoms with Crippen LogP contribution >= 0.6 is 24.0 Å². The summed E-state index contributed by atoms with van der Waals surface area (Å²) in [5, 5.41) is 15.3. The molecule has 1 aromatic heterocycles. The number of nitrogens with zero attached hydrogens (tertiary/aromatic N) is 4. The number of aryl methyl sites for hydroxylation is 2. The zero-order valence-corrected chi connectivity index (χ0v) is 20.1. The number of ether oxygens (including phenoxy) is 1. The molecule has 1 heterocycles. The molecule has 0 amide bonds. The summed E-state index contributed by atoms with van der Waals surface area (Å²) in [5.41, 5.74) is 1.20. The van der Waals surface area contributed by atoms with Gasteiger partial charge in [-0.3, -0.25) is 0 Å². The third-order valence-corrected chi connectivity index (χ3v) is 5.14. The van der Waals surface area contributed by atoms with Crippen LogP contribution in [0.1, 0.15) is 49.8 Å². The Bertz CT molecular complexity index is 800. The highest BCUT2D eigenvalue weighted by molar-refractivity contribution is 14.0. The van der Waals surface area contributed by atoms with E-state index in [2.05, 4.69) is 46.8 Å². The number of hydrogen-bond acceptors (Lipinski definition) is 4. The molecule has 29 heavy (non-hydrogen) atoms. The minimum atomic E-state index is 0. The lowest BCUT2D eigenvalue weighted by Crippen LogP contribution is -2.45. The van der Waals surface area contributed by atoms with Gasteiger partial charge >= 0.3 is 0 Å². The van der Waals surface area contributed by atoms with Gasteiger partial charge in [0, 0.05) is 13.1 Å². The zero-order valence-electron chi connectivity index (χ0n) is 17.8. The monoisotopic (exact) mass is 512 g/mol. The molecule has 160 valence electrons.